The first-order chi connectivity index (χ1) is 14.2. The summed E-state index contributed by atoms with van der Waals surface area (Å²) in [5.74, 6) is 0.813. The molecule has 0 atom stereocenters. The number of para-hydroxylation sites is 1. The van der Waals surface area contributed by atoms with Crippen molar-refractivity contribution < 1.29 is 9.59 Å². The SMILES string of the molecule is O=C(CN1CCN(C(=O)c2cccnc2N2CCCC2)CC1)Nc1ccccc1. The Labute approximate surface area is 171 Å². The first-order valence-electron chi connectivity index (χ1n) is 10.3. The van der Waals surface area contributed by atoms with Crippen LogP contribution in [0.25, 0.3) is 0 Å². The van der Waals surface area contributed by atoms with Gasteiger partial charge in [0, 0.05) is 51.2 Å². The van der Waals surface area contributed by atoms with Crippen molar-refractivity contribution >= 4 is 23.3 Å². The number of aromatic nitrogens is 1. The number of amides is 2. The van der Waals surface area contributed by atoms with E-state index in [1.807, 2.05) is 47.4 Å². The fourth-order valence-corrected chi connectivity index (χ4v) is 3.95. The minimum Gasteiger partial charge on any atom is -0.356 e. The molecule has 0 radical (unpaired) electrons. The summed E-state index contributed by atoms with van der Waals surface area (Å²) in [4.78, 5) is 36.0. The van der Waals surface area contributed by atoms with Crippen LogP contribution in [0.3, 0.4) is 0 Å². The van der Waals surface area contributed by atoms with Gasteiger partial charge >= 0.3 is 0 Å². The summed E-state index contributed by atoms with van der Waals surface area (Å²) < 4.78 is 0. The molecule has 3 heterocycles. The summed E-state index contributed by atoms with van der Waals surface area (Å²) in [6.45, 7) is 4.87. The number of benzene rings is 1. The van der Waals surface area contributed by atoms with Gasteiger partial charge in [0.25, 0.3) is 5.91 Å². The lowest BCUT2D eigenvalue weighted by Gasteiger charge is -2.34. The molecule has 0 unspecified atom stereocenters. The highest BCUT2D eigenvalue weighted by Crippen LogP contribution is 2.23. The highest BCUT2D eigenvalue weighted by Gasteiger charge is 2.27. The Bertz CT molecular complexity index is 843. The van der Waals surface area contributed by atoms with Gasteiger partial charge in [-0.3, -0.25) is 14.5 Å². The lowest BCUT2D eigenvalue weighted by Crippen LogP contribution is -2.50. The molecule has 2 saturated heterocycles. The van der Waals surface area contributed by atoms with Crippen LogP contribution in [0, 0.1) is 0 Å². The molecule has 2 aliphatic rings. The Morgan fingerprint density at radius 1 is 0.897 bits per heavy atom. The van der Waals surface area contributed by atoms with Gasteiger partial charge in [0.15, 0.2) is 0 Å². The van der Waals surface area contributed by atoms with E-state index in [0.717, 1.165) is 37.4 Å². The van der Waals surface area contributed by atoms with Gasteiger partial charge in [0.2, 0.25) is 5.91 Å². The van der Waals surface area contributed by atoms with Crippen molar-refractivity contribution in [1.29, 1.82) is 0 Å². The smallest absolute Gasteiger partial charge is 0.257 e. The highest BCUT2D eigenvalue weighted by molar-refractivity contribution is 5.99. The van der Waals surface area contributed by atoms with Crippen molar-refractivity contribution in [2.24, 2.45) is 0 Å². The van der Waals surface area contributed by atoms with Crippen LogP contribution >= 0.6 is 0 Å². The van der Waals surface area contributed by atoms with Crippen LogP contribution in [0.4, 0.5) is 11.5 Å². The minimum absolute atomic E-state index is 0.0282. The molecular weight excluding hydrogens is 366 g/mol. The number of nitrogens with one attached hydrogen (secondary N) is 1. The predicted octanol–water partition coefficient (Wildman–Crippen LogP) is 2.08. The quantitative estimate of drug-likeness (QED) is 0.842. The first-order valence-corrected chi connectivity index (χ1v) is 10.3. The zero-order valence-corrected chi connectivity index (χ0v) is 16.6. The topological polar surface area (TPSA) is 68.8 Å². The average Bonchev–Trinajstić information content (AvgIpc) is 3.29. The summed E-state index contributed by atoms with van der Waals surface area (Å²) in [6, 6.07) is 13.2. The molecule has 2 fully saturated rings. The Kier molecular flexibility index (Phi) is 6.05. The van der Waals surface area contributed by atoms with Gasteiger partial charge in [-0.15, -0.1) is 0 Å². The highest BCUT2D eigenvalue weighted by atomic mass is 16.2. The second-order valence-electron chi connectivity index (χ2n) is 7.55. The van der Waals surface area contributed by atoms with E-state index in [0.29, 0.717) is 38.3 Å². The maximum atomic E-state index is 13.1. The number of hydrogen-bond acceptors (Lipinski definition) is 5. The van der Waals surface area contributed by atoms with Crippen LogP contribution in [0.5, 0.6) is 0 Å². The number of carbonyl (C=O) groups is 2. The number of hydrogen-bond donors (Lipinski definition) is 1. The third-order valence-corrected chi connectivity index (χ3v) is 5.51. The second kappa shape index (κ2) is 9.05. The molecule has 2 aromatic rings. The number of nitrogens with zero attached hydrogens (tertiary/aromatic N) is 4. The molecule has 2 aliphatic heterocycles. The van der Waals surface area contributed by atoms with Crippen LogP contribution in [0.2, 0.25) is 0 Å². The molecule has 4 rings (SSSR count). The first kappa shape index (κ1) is 19.4. The number of anilines is 2. The molecule has 2 amide bonds. The van der Waals surface area contributed by atoms with Crippen molar-refractivity contribution in [3.63, 3.8) is 0 Å². The molecule has 0 aliphatic carbocycles. The van der Waals surface area contributed by atoms with E-state index >= 15 is 0 Å². The Hall–Kier alpha value is -2.93. The average molecular weight is 393 g/mol. The maximum absolute atomic E-state index is 13.1. The largest absolute Gasteiger partial charge is 0.356 e. The van der Waals surface area contributed by atoms with Gasteiger partial charge in [0.1, 0.15) is 5.82 Å². The Morgan fingerprint density at radius 3 is 2.34 bits per heavy atom. The van der Waals surface area contributed by atoms with Crippen LogP contribution in [0.15, 0.2) is 48.7 Å². The Balaban J connectivity index is 1.32. The minimum atomic E-state index is -0.0282. The lowest BCUT2D eigenvalue weighted by atomic mass is 10.2. The third-order valence-electron chi connectivity index (χ3n) is 5.51. The van der Waals surface area contributed by atoms with Crippen molar-refractivity contribution in [2.75, 3.05) is 56.0 Å². The standard InChI is InChI=1S/C22H27N5O2/c28-20(24-18-7-2-1-3-8-18)17-25-13-15-27(16-14-25)22(29)19-9-6-10-23-21(19)26-11-4-5-12-26/h1-3,6-10H,4-5,11-17H2,(H,24,28). The number of rotatable bonds is 5. The fourth-order valence-electron chi connectivity index (χ4n) is 3.95. The van der Waals surface area contributed by atoms with Gasteiger partial charge in [-0.1, -0.05) is 18.2 Å². The Morgan fingerprint density at radius 2 is 1.62 bits per heavy atom. The molecule has 1 aromatic heterocycles. The second-order valence-corrected chi connectivity index (χ2v) is 7.55. The molecule has 7 heteroatoms. The van der Waals surface area contributed by atoms with Gasteiger partial charge in [-0.2, -0.15) is 0 Å². The van der Waals surface area contributed by atoms with Gasteiger partial charge in [-0.05, 0) is 37.1 Å². The molecular formula is C22H27N5O2. The zero-order valence-electron chi connectivity index (χ0n) is 16.6. The zero-order chi connectivity index (χ0) is 20.1. The predicted molar refractivity (Wildman–Crippen MR) is 113 cm³/mol. The normalized spacial score (nSPS) is 17.4. The lowest BCUT2D eigenvalue weighted by molar-refractivity contribution is -0.117. The molecule has 1 N–H and O–H groups in total. The van der Waals surface area contributed by atoms with Gasteiger partial charge < -0.3 is 15.1 Å². The van der Waals surface area contributed by atoms with Crippen molar-refractivity contribution in [3.05, 3.63) is 54.2 Å². The summed E-state index contributed by atoms with van der Waals surface area (Å²) >= 11 is 0. The fraction of sp³-hybridized carbons (Fsp3) is 0.409. The van der Waals surface area contributed by atoms with E-state index in [1.54, 1.807) is 6.20 Å². The number of pyridine rings is 1. The van der Waals surface area contributed by atoms with Crippen molar-refractivity contribution in [2.45, 2.75) is 12.8 Å². The third kappa shape index (κ3) is 4.74. The molecule has 7 nitrogen and oxygen atoms in total. The molecule has 1 aromatic carbocycles. The monoisotopic (exact) mass is 393 g/mol. The van der Waals surface area contributed by atoms with Crippen molar-refractivity contribution in [3.8, 4) is 0 Å². The van der Waals surface area contributed by atoms with Gasteiger partial charge in [0.05, 0.1) is 12.1 Å². The number of carbonyl (C=O) groups excluding carboxylic acids is 2. The van der Waals surface area contributed by atoms with E-state index < -0.39 is 0 Å². The summed E-state index contributed by atoms with van der Waals surface area (Å²) in [7, 11) is 0. The molecule has 0 bridgehead atoms. The van der Waals surface area contributed by atoms with Crippen LogP contribution < -0.4 is 10.2 Å². The summed E-state index contributed by atoms with van der Waals surface area (Å²) in [5, 5.41) is 2.91. The molecule has 29 heavy (non-hydrogen) atoms. The van der Waals surface area contributed by atoms with Crippen LogP contribution in [-0.2, 0) is 4.79 Å². The van der Waals surface area contributed by atoms with E-state index in [9.17, 15) is 9.59 Å². The maximum Gasteiger partial charge on any atom is 0.257 e. The summed E-state index contributed by atoms with van der Waals surface area (Å²) in [6.07, 6.45) is 4.05. The van der Waals surface area contributed by atoms with E-state index in [4.69, 9.17) is 0 Å². The molecule has 152 valence electrons. The van der Waals surface area contributed by atoms with E-state index in [-0.39, 0.29) is 11.8 Å². The van der Waals surface area contributed by atoms with Gasteiger partial charge in [-0.25, -0.2) is 4.98 Å². The molecule has 0 saturated carbocycles. The van der Waals surface area contributed by atoms with Crippen molar-refractivity contribution in [1.82, 2.24) is 14.8 Å². The summed E-state index contributed by atoms with van der Waals surface area (Å²) in [5.41, 5.74) is 1.49. The van der Waals surface area contributed by atoms with Crippen LogP contribution in [0.1, 0.15) is 23.2 Å². The van der Waals surface area contributed by atoms with E-state index in [2.05, 4.69) is 20.1 Å². The molecule has 0 spiro atoms. The number of piperazine rings is 1. The van der Waals surface area contributed by atoms with Crippen LogP contribution in [-0.4, -0.2) is 72.4 Å². The van der Waals surface area contributed by atoms with E-state index in [1.165, 1.54) is 0 Å².